The molecule has 1 aromatic heterocycles. The number of hydrogen-bond acceptors (Lipinski definition) is 5. The van der Waals surface area contributed by atoms with Gasteiger partial charge in [0.05, 0.1) is 24.4 Å². The van der Waals surface area contributed by atoms with Crippen LogP contribution in [0, 0.1) is 0 Å². The quantitative estimate of drug-likeness (QED) is 0.746. The molecule has 0 N–H and O–H groups in total. The summed E-state index contributed by atoms with van der Waals surface area (Å²) in [5.74, 6) is 0.491. The maximum Gasteiger partial charge on any atom is 0.417 e. The molecule has 164 valence electrons. The smallest absolute Gasteiger partial charge is 0.355 e. The highest BCUT2D eigenvalue weighted by Crippen LogP contribution is 2.29. The van der Waals surface area contributed by atoms with Crippen LogP contribution in [0.15, 0.2) is 53.8 Å². The summed E-state index contributed by atoms with van der Waals surface area (Å²) in [5.41, 5.74) is 1.20. The Bertz CT molecular complexity index is 930. The first kappa shape index (κ1) is 21.3. The van der Waals surface area contributed by atoms with Crippen molar-refractivity contribution in [1.29, 1.82) is 0 Å². The topological polar surface area (TPSA) is 52.0 Å². The van der Waals surface area contributed by atoms with Gasteiger partial charge in [-0.25, -0.2) is 9.99 Å². The third-order valence-corrected chi connectivity index (χ3v) is 5.54. The summed E-state index contributed by atoms with van der Waals surface area (Å²) in [5, 5.41) is 6.04. The molecule has 0 atom stereocenters. The SMILES string of the molecule is O=C(CN1CCCN(c2ccc(C(F)(F)F)cn2)CC1)N1CCC(c2ccccc2)=N1. The van der Waals surface area contributed by atoms with E-state index in [0.29, 0.717) is 32.0 Å². The highest BCUT2D eigenvalue weighted by Gasteiger charge is 2.31. The summed E-state index contributed by atoms with van der Waals surface area (Å²) in [6.07, 6.45) is -1.98. The number of hydrazone groups is 1. The molecular weight excluding hydrogens is 407 g/mol. The van der Waals surface area contributed by atoms with Crippen LogP contribution in [-0.2, 0) is 11.0 Å². The Morgan fingerprint density at radius 1 is 0.968 bits per heavy atom. The molecule has 1 fully saturated rings. The minimum atomic E-state index is -4.39. The summed E-state index contributed by atoms with van der Waals surface area (Å²) in [4.78, 5) is 20.8. The number of anilines is 1. The van der Waals surface area contributed by atoms with Crippen LogP contribution in [0.5, 0.6) is 0 Å². The van der Waals surface area contributed by atoms with Gasteiger partial charge in [-0.3, -0.25) is 9.69 Å². The third-order valence-electron chi connectivity index (χ3n) is 5.54. The average Bonchev–Trinajstić information content (AvgIpc) is 3.15. The van der Waals surface area contributed by atoms with E-state index >= 15 is 0 Å². The van der Waals surface area contributed by atoms with E-state index in [1.165, 1.54) is 6.07 Å². The van der Waals surface area contributed by atoms with Gasteiger partial charge in [-0.1, -0.05) is 30.3 Å². The summed E-state index contributed by atoms with van der Waals surface area (Å²) >= 11 is 0. The molecule has 1 aromatic carbocycles. The molecule has 9 heteroatoms. The zero-order valence-corrected chi connectivity index (χ0v) is 17.1. The van der Waals surface area contributed by atoms with Gasteiger partial charge >= 0.3 is 6.18 Å². The van der Waals surface area contributed by atoms with Crippen LogP contribution in [0.3, 0.4) is 0 Å². The molecule has 1 saturated heterocycles. The Labute approximate surface area is 179 Å². The van der Waals surface area contributed by atoms with E-state index in [4.69, 9.17) is 0 Å². The number of nitrogens with zero attached hydrogens (tertiary/aromatic N) is 5. The van der Waals surface area contributed by atoms with E-state index in [9.17, 15) is 18.0 Å². The molecule has 2 aromatic rings. The molecule has 4 rings (SSSR count). The number of rotatable bonds is 4. The number of halogens is 3. The van der Waals surface area contributed by atoms with Gasteiger partial charge < -0.3 is 4.90 Å². The molecule has 1 amide bonds. The van der Waals surface area contributed by atoms with Gasteiger partial charge in [0.1, 0.15) is 5.82 Å². The fourth-order valence-corrected chi connectivity index (χ4v) is 3.84. The standard InChI is InChI=1S/C22H24F3N5O/c23-22(24,25)18-7-8-20(26-15-18)29-11-4-10-28(13-14-29)16-21(31)30-12-9-19(27-30)17-5-2-1-3-6-17/h1-3,5-8,15H,4,9-14,16H2. The van der Waals surface area contributed by atoms with Crippen LogP contribution in [0.1, 0.15) is 24.0 Å². The number of carbonyl (C=O) groups excluding carboxylic acids is 1. The molecule has 0 bridgehead atoms. The van der Waals surface area contributed by atoms with Gasteiger partial charge in [0.15, 0.2) is 0 Å². The molecule has 31 heavy (non-hydrogen) atoms. The van der Waals surface area contributed by atoms with Crippen molar-refractivity contribution in [3.63, 3.8) is 0 Å². The lowest BCUT2D eigenvalue weighted by atomic mass is 10.1. The summed E-state index contributed by atoms with van der Waals surface area (Å²) < 4.78 is 38.2. The Morgan fingerprint density at radius 2 is 1.77 bits per heavy atom. The largest absolute Gasteiger partial charge is 0.417 e. The van der Waals surface area contributed by atoms with Gasteiger partial charge in [0.25, 0.3) is 5.91 Å². The molecule has 6 nitrogen and oxygen atoms in total. The van der Waals surface area contributed by atoms with Gasteiger partial charge in [-0.2, -0.15) is 18.3 Å². The first-order chi connectivity index (χ1) is 14.9. The van der Waals surface area contributed by atoms with Gasteiger partial charge in [-0.05, 0) is 24.1 Å². The Morgan fingerprint density at radius 3 is 2.48 bits per heavy atom. The van der Waals surface area contributed by atoms with Crippen LogP contribution in [0.4, 0.5) is 19.0 Å². The number of aromatic nitrogens is 1. The van der Waals surface area contributed by atoms with E-state index in [1.54, 1.807) is 5.01 Å². The molecule has 0 unspecified atom stereocenters. The molecular formula is C22H24F3N5O. The van der Waals surface area contributed by atoms with Crippen LogP contribution < -0.4 is 4.90 Å². The maximum atomic E-state index is 12.7. The lowest BCUT2D eigenvalue weighted by Gasteiger charge is -2.23. The second-order valence-corrected chi connectivity index (χ2v) is 7.70. The number of pyridine rings is 1. The number of carbonyl (C=O) groups is 1. The van der Waals surface area contributed by atoms with Gasteiger partial charge in [0.2, 0.25) is 0 Å². The fraction of sp³-hybridized carbons (Fsp3) is 0.409. The third kappa shape index (κ3) is 5.22. The van der Waals surface area contributed by atoms with Crippen molar-refractivity contribution >= 4 is 17.4 Å². The lowest BCUT2D eigenvalue weighted by molar-refractivity contribution is -0.137. The molecule has 2 aliphatic heterocycles. The van der Waals surface area contributed by atoms with Crippen molar-refractivity contribution in [3.05, 3.63) is 59.8 Å². The van der Waals surface area contributed by atoms with Crippen molar-refractivity contribution in [2.75, 3.05) is 44.2 Å². The summed E-state index contributed by atoms with van der Waals surface area (Å²) in [6, 6.07) is 12.3. The Hall–Kier alpha value is -2.94. The maximum absolute atomic E-state index is 12.7. The van der Waals surface area contributed by atoms with Crippen LogP contribution in [0.25, 0.3) is 0 Å². The van der Waals surface area contributed by atoms with E-state index < -0.39 is 11.7 Å². The minimum absolute atomic E-state index is 0.0352. The van der Waals surface area contributed by atoms with Crippen molar-refractivity contribution in [1.82, 2.24) is 14.9 Å². The number of amides is 1. The fourth-order valence-electron chi connectivity index (χ4n) is 3.84. The molecule has 0 spiro atoms. The van der Waals surface area contributed by atoms with Crippen LogP contribution >= 0.6 is 0 Å². The van der Waals surface area contributed by atoms with Gasteiger partial charge in [-0.15, -0.1) is 0 Å². The minimum Gasteiger partial charge on any atom is -0.355 e. The lowest BCUT2D eigenvalue weighted by Crippen LogP contribution is -2.39. The predicted octanol–water partition coefficient (Wildman–Crippen LogP) is 3.25. The monoisotopic (exact) mass is 431 g/mol. The van der Waals surface area contributed by atoms with Crippen LogP contribution in [0.2, 0.25) is 0 Å². The van der Waals surface area contributed by atoms with Gasteiger partial charge in [0, 0.05) is 38.8 Å². The number of benzene rings is 1. The highest BCUT2D eigenvalue weighted by molar-refractivity contribution is 6.02. The molecule has 0 aliphatic carbocycles. The zero-order chi connectivity index (χ0) is 21.8. The second-order valence-electron chi connectivity index (χ2n) is 7.70. The van der Waals surface area contributed by atoms with Crippen molar-refractivity contribution in [2.24, 2.45) is 5.10 Å². The molecule has 0 radical (unpaired) electrons. The Balaban J connectivity index is 1.32. The van der Waals surface area contributed by atoms with E-state index in [2.05, 4.69) is 15.0 Å². The van der Waals surface area contributed by atoms with Crippen LogP contribution in [-0.4, -0.2) is 65.8 Å². The second kappa shape index (κ2) is 9.05. The molecule has 3 heterocycles. The first-order valence-corrected chi connectivity index (χ1v) is 10.3. The van der Waals surface area contributed by atoms with Crippen molar-refractivity contribution in [2.45, 2.75) is 19.0 Å². The van der Waals surface area contributed by atoms with Crippen molar-refractivity contribution < 1.29 is 18.0 Å². The molecule has 2 aliphatic rings. The predicted molar refractivity (Wildman–Crippen MR) is 112 cm³/mol. The molecule has 0 saturated carbocycles. The van der Waals surface area contributed by atoms with Crippen molar-refractivity contribution in [3.8, 4) is 0 Å². The van der Waals surface area contributed by atoms with E-state index in [-0.39, 0.29) is 12.5 Å². The summed E-state index contributed by atoms with van der Waals surface area (Å²) in [6.45, 7) is 3.52. The number of alkyl halides is 3. The summed E-state index contributed by atoms with van der Waals surface area (Å²) in [7, 11) is 0. The normalized spacial score (nSPS) is 18.1. The van der Waals surface area contributed by atoms with E-state index in [0.717, 1.165) is 42.9 Å². The first-order valence-electron chi connectivity index (χ1n) is 10.3. The van der Waals surface area contributed by atoms with E-state index in [1.807, 2.05) is 35.2 Å². The number of hydrogen-bond donors (Lipinski definition) is 0. The zero-order valence-electron chi connectivity index (χ0n) is 17.1. The average molecular weight is 431 g/mol. The highest BCUT2D eigenvalue weighted by atomic mass is 19.4. The Kier molecular flexibility index (Phi) is 6.22.